The van der Waals surface area contributed by atoms with E-state index in [1.54, 1.807) is 25.1 Å². The van der Waals surface area contributed by atoms with Gasteiger partial charge in [0.1, 0.15) is 12.6 Å². The molecule has 0 radical (unpaired) electrons. The van der Waals surface area contributed by atoms with E-state index in [4.69, 9.17) is 34.8 Å². The van der Waals surface area contributed by atoms with Crippen molar-refractivity contribution >= 4 is 78.3 Å². The highest BCUT2D eigenvalue weighted by Gasteiger charge is 2.30. The molecule has 1 N–H and O–H groups in total. The summed E-state index contributed by atoms with van der Waals surface area (Å²) in [4.78, 5) is 26.9. The van der Waals surface area contributed by atoms with Crippen molar-refractivity contribution in [3.63, 3.8) is 0 Å². The Morgan fingerprint density at radius 1 is 1.09 bits per heavy atom. The zero-order chi connectivity index (χ0) is 24.2. The molecule has 12 heteroatoms. The van der Waals surface area contributed by atoms with Gasteiger partial charge < -0.3 is 10.2 Å². The average Bonchev–Trinajstić information content (AvgIpc) is 2.71. The van der Waals surface area contributed by atoms with E-state index >= 15 is 0 Å². The van der Waals surface area contributed by atoms with Gasteiger partial charge in [0.15, 0.2) is 0 Å². The molecular formula is C20H21BrCl3N3O4S. The third-order valence-electron chi connectivity index (χ3n) is 4.59. The van der Waals surface area contributed by atoms with E-state index in [-0.39, 0.29) is 27.3 Å². The van der Waals surface area contributed by atoms with Crippen molar-refractivity contribution in [2.24, 2.45) is 0 Å². The molecule has 32 heavy (non-hydrogen) atoms. The normalized spacial score (nSPS) is 12.2. The number of likely N-dealkylation sites (N-methyl/N-ethyl adjacent to an activating group) is 1. The smallest absolute Gasteiger partial charge is 0.244 e. The molecule has 0 aromatic heterocycles. The summed E-state index contributed by atoms with van der Waals surface area (Å²) >= 11 is 21.6. The minimum Gasteiger partial charge on any atom is -0.357 e. The number of benzene rings is 2. The molecule has 0 unspecified atom stereocenters. The van der Waals surface area contributed by atoms with Gasteiger partial charge in [-0.2, -0.15) is 0 Å². The quantitative estimate of drug-likeness (QED) is 0.467. The second-order valence-electron chi connectivity index (χ2n) is 6.93. The van der Waals surface area contributed by atoms with Crippen LogP contribution in [0, 0.1) is 0 Å². The number of sulfonamides is 1. The predicted molar refractivity (Wildman–Crippen MR) is 132 cm³/mol. The van der Waals surface area contributed by atoms with Gasteiger partial charge in [-0.15, -0.1) is 0 Å². The Kier molecular flexibility index (Phi) is 9.25. The van der Waals surface area contributed by atoms with Crippen molar-refractivity contribution in [1.29, 1.82) is 0 Å². The lowest BCUT2D eigenvalue weighted by atomic mass is 10.1. The Morgan fingerprint density at radius 3 is 2.28 bits per heavy atom. The minimum atomic E-state index is -3.94. The summed E-state index contributed by atoms with van der Waals surface area (Å²) in [5.41, 5.74) is 0.758. The van der Waals surface area contributed by atoms with Crippen molar-refractivity contribution in [1.82, 2.24) is 10.2 Å². The summed E-state index contributed by atoms with van der Waals surface area (Å²) in [5, 5.41) is 2.74. The lowest BCUT2D eigenvalue weighted by Gasteiger charge is -2.31. The highest BCUT2D eigenvalue weighted by atomic mass is 79.9. The molecule has 0 heterocycles. The van der Waals surface area contributed by atoms with Gasteiger partial charge in [-0.25, -0.2) is 8.42 Å². The molecule has 0 aliphatic rings. The first kappa shape index (κ1) is 26.7. The maximum absolute atomic E-state index is 13.3. The van der Waals surface area contributed by atoms with Gasteiger partial charge in [0.2, 0.25) is 21.8 Å². The molecule has 2 rings (SSSR count). The number of amides is 2. The van der Waals surface area contributed by atoms with Crippen molar-refractivity contribution in [3.05, 3.63) is 61.5 Å². The molecule has 0 aliphatic carbocycles. The molecule has 2 amide bonds. The van der Waals surface area contributed by atoms with Crippen LogP contribution < -0.4 is 9.62 Å². The lowest BCUT2D eigenvalue weighted by molar-refractivity contribution is -0.139. The molecule has 0 bridgehead atoms. The first-order chi connectivity index (χ1) is 14.8. The van der Waals surface area contributed by atoms with Crippen LogP contribution in [0.25, 0.3) is 0 Å². The Bertz CT molecular complexity index is 1130. The van der Waals surface area contributed by atoms with Crippen LogP contribution in [0.5, 0.6) is 0 Å². The Balaban J connectivity index is 2.46. The van der Waals surface area contributed by atoms with Crippen molar-refractivity contribution < 1.29 is 18.0 Å². The molecule has 0 aliphatic heterocycles. The zero-order valence-electron chi connectivity index (χ0n) is 17.4. The number of nitrogens with zero attached hydrogens (tertiary/aromatic N) is 2. The Morgan fingerprint density at radius 2 is 1.72 bits per heavy atom. The van der Waals surface area contributed by atoms with Gasteiger partial charge in [0, 0.05) is 18.1 Å². The fraction of sp³-hybridized carbons (Fsp3) is 0.300. The topological polar surface area (TPSA) is 86.8 Å². The van der Waals surface area contributed by atoms with Crippen LogP contribution in [0.1, 0.15) is 12.5 Å². The van der Waals surface area contributed by atoms with E-state index in [0.717, 1.165) is 20.6 Å². The Hall–Kier alpha value is -1.52. The minimum absolute atomic E-state index is 0.00641. The van der Waals surface area contributed by atoms with Crippen LogP contribution in [0.2, 0.25) is 15.1 Å². The second-order valence-corrected chi connectivity index (χ2v) is 11.0. The molecule has 1 atom stereocenters. The van der Waals surface area contributed by atoms with Crippen molar-refractivity contribution in [2.75, 3.05) is 24.2 Å². The molecule has 0 spiro atoms. The van der Waals surface area contributed by atoms with Crippen LogP contribution in [0.15, 0.2) is 40.9 Å². The van der Waals surface area contributed by atoms with E-state index in [9.17, 15) is 18.0 Å². The molecule has 2 aromatic carbocycles. The van der Waals surface area contributed by atoms with E-state index in [1.165, 1.54) is 24.1 Å². The Labute approximate surface area is 210 Å². The van der Waals surface area contributed by atoms with E-state index in [0.29, 0.717) is 0 Å². The van der Waals surface area contributed by atoms with Crippen LogP contribution in [-0.2, 0) is 26.2 Å². The summed E-state index contributed by atoms with van der Waals surface area (Å²) in [6, 6.07) is 8.95. The molecular weight excluding hydrogens is 565 g/mol. The number of carbonyl (C=O) groups excluding carboxylic acids is 2. The van der Waals surface area contributed by atoms with Gasteiger partial charge in [-0.05, 0) is 36.8 Å². The lowest BCUT2D eigenvalue weighted by Crippen LogP contribution is -2.50. The first-order valence-corrected chi connectivity index (χ1v) is 13.0. The molecule has 7 nitrogen and oxygen atoms in total. The number of rotatable bonds is 8. The number of nitrogens with one attached hydrogen (secondary N) is 1. The van der Waals surface area contributed by atoms with Crippen molar-refractivity contribution in [2.45, 2.75) is 19.5 Å². The predicted octanol–water partition coefficient (Wildman–Crippen LogP) is 4.34. The van der Waals surface area contributed by atoms with Gasteiger partial charge in [0.05, 0.1) is 27.0 Å². The largest absolute Gasteiger partial charge is 0.357 e. The van der Waals surface area contributed by atoms with Crippen LogP contribution in [-0.4, -0.2) is 51.0 Å². The molecule has 0 saturated heterocycles. The summed E-state index contributed by atoms with van der Waals surface area (Å²) in [6.07, 6.45) is 0.944. The average molecular weight is 586 g/mol. The van der Waals surface area contributed by atoms with E-state index in [2.05, 4.69) is 21.2 Å². The maximum Gasteiger partial charge on any atom is 0.244 e. The standard InChI is InChI=1S/C20H21BrCl3N3O4S/c1-12(20(29)25-2)26(10-13-5-4-6-14(21)7-13)19(28)11-27(32(3,30)31)18-9-16(23)15(22)8-17(18)24/h4-9,12H,10-11H2,1-3H3,(H,25,29)/t12-/m1/s1. The summed E-state index contributed by atoms with van der Waals surface area (Å²) < 4.78 is 26.7. The number of anilines is 1. The highest BCUT2D eigenvalue weighted by molar-refractivity contribution is 9.10. The maximum atomic E-state index is 13.3. The van der Waals surface area contributed by atoms with Crippen LogP contribution in [0.3, 0.4) is 0 Å². The van der Waals surface area contributed by atoms with Crippen LogP contribution in [0.4, 0.5) is 5.69 Å². The van der Waals surface area contributed by atoms with Gasteiger partial charge >= 0.3 is 0 Å². The van der Waals surface area contributed by atoms with Crippen LogP contribution >= 0.6 is 50.7 Å². The zero-order valence-corrected chi connectivity index (χ0v) is 22.1. The third kappa shape index (κ3) is 6.74. The SMILES string of the molecule is CNC(=O)[C@@H](C)N(Cc1cccc(Br)c1)C(=O)CN(c1cc(Cl)c(Cl)cc1Cl)S(C)(=O)=O. The summed E-state index contributed by atoms with van der Waals surface area (Å²) in [7, 11) is -2.48. The van der Waals surface area contributed by atoms with Gasteiger partial charge in [-0.1, -0.05) is 62.9 Å². The van der Waals surface area contributed by atoms with Gasteiger partial charge in [-0.3, -0.25) is 13.9 Å². The first-order valence-electron chi connectivity index (χ1n) is 9.23. The molecule has 0 fully saturated rings. The van der Waals surface area contributed by atoms with E-state index < -0.39 is 34.4 Å². The summed E-state index contributed by atoms with van der Waals surface area (Å²) in [6.45, 7) is 1.05. The molecule has 2 aromatic rings. The molecule has 174 valence electrons. The highest BCUT2D eigenvalue weighted by Crippen LogP contribution is 2.35. The number of carbonyl (C=O) groups is 2. The fourth-order valence-electron chi connectivity index (χ4n) is 2.92. The fourth-order valence-corrected chi connectivity index (χ4v) is 4.91. The van der Waals surface area contributed by atoms with Gasteiger partial charge in [0.25, 0.3) is 0 Å². The monoisotopic (exact) mass is 583 g/mol. The summed E-state index contributed by atoms with van der Waals surface area (Å²) in [5.74, 6) is -1.000. The number of hydrogen-bond donors (Lipinski definition) is 1. The number of halogens is 4. The molecule has 0 saturated carbocycles. The number of hydrogen-bond acceptors (Lipinski definition) is 4. The van der Waals surface area contributed by atoms with Crippen molar-refractivity contribution in [3.8, 4) is 0 Å². The van der Waals surface area contributed by atoms with E-state index in [1.807, 2.05) is 6.07 Å². The second kappa shape index (κ2) is 11.1. The third-order valence-corrected chi connectivity index (χ3v) is 7.24.